The van der Waals surface area contributed by atoms with E-state index in [1.54, 1.807) is 6.07 Å². The third kappa shape index (κ3) is 4.66. The monoisotopic (exact) mass is 432 g/mol. The van der Waals surface area contributed by atoms with E-state index in [1.807, 2.05) is 70.4 Å². The van der Waals surface area contributed by atoms with Crippen molar-refractivity contribution in [3.63, 3.8) is 0 Å². The smallest absolute Gasteiger partial charge is 0.253 e. The summed E-state index contributed by atoms with van der Waals surface area (Å²) < 4.78 is 5.29. The van der Waals surface area contributed by atoms with Crippen molar-refractivity contribution in [2.45, 2.75) is 38.6 Å². The summed E-state index contributed by atoms with van der Waals surface area (Å²) >= 11 is 0. The minimum atomic E-state index is -0.183. The van der Waals surface area contributed by atoms with Crippen LogP contribution in [0.15, 0.2) is 70.9 Å². The van der Waals surface area contributed by atoms with Gasteiger partial charge in [0.25, 0.3) is 5.91 Å². The van der Waals surface area contributed by atoms with Gasteiger partial charge in [-0.05, 0) is 17.7 Å². The fourth-order valence-electron chi connectivity index (χ4n) is 3.84. The quantitative estimate of drug-likeness (QED) is 0.745. The number of carbonyl (C=O) groups excluding carboxylic acids is 2. The minimum Gasteiger partial charge on any atom is -0.373 e. The Labute approximate surface area is 187 Å². The standard InChI is InChI=1S/C25H28N4O3/c1-25(2,3)21-14-22(28-32-21)27-23(30)13-16-9-11-17(12-10-16)26-24(31)19-15-29(4)20-8-6-5-7-18(19)20/h5-12,14-15,18,20H,13H2,1-4H3,(H,26,31)(H,27,28,30). The largest absolute Gasteiger partial charge is 0.373 e. The van der Waals surface area contributed by atoms with Gasteiger partial charge in [-0.3, -0.25) is 9.59 Å². The molecule has 0 spiro atoms. The highest BCUT2D eigenvalue weighted by atomic mass is 16.5. The molecule has 0 saturated heterocycles. The van der Waals surface area contributed by atoms with Crippen LogP contribution in [0.3, 0.4) is 0 Å². The van der Waals surface area contributed by atoms with Crippen molar-refractivity contribution in [3.8, 4) is 0 Å². The van der Waals surface area contributed by atoms with Crippen molar-refractivity contribution in [1.82, 2.24) is 10.1 Å². The Morgan fingerprint density at radius 1 is 1.09 bits per heavy atom. The molecule has 0 radical (unpaired) electrons. The van der Waals surface area contributed by atoms with Gasteiger partial charge in [-0.1, -0.05) is 62.4 Å². The molecule has 0 bridgehead atoms. The highest BCUT2D eigenvalue weighted by Crippen LogP contribution is 2.32. The van der Waals surface area contributed by atoms with Crippen LogP contribution in [0.1, 0.15) is 32.1 Å². The molecule has 0 fully saturated rings. The summed E-state index contributed by atoms with van der Waals surface area (Å²) in [6.07, 6.45) is 10.2. The molecule has 2 amide bonds. The number of rotatable bonds is 5. The van der Waals surface area contributed by atoms with Gasteiger partial charge in [0.05, 0.1) is 12.5 Å². The third-order valence-electron chi connectivity index (χ3n) is 5.63. The second-order valence-corrected chi connectivity index (χ2v) is 9.24. The van der Waals surface area contributed by atoms with Gasteiger partial charge in [-0.25, -0.2) is 0 Å². The van der Waals surface area contributed by atoms with E-state index >= 15 is 0 Å². The van der Waals surface area contributed by atoms with E-state index in [4.69, 9.17) is 4.52 Å². The maximum Gasteiger partial charge on any atom is 0.253 e. The summed E-state index contributed by atoms with van der Waals surface area (Å²) in [6.45, 7) is 6.05. The van der Waals surface area contributed by atoms with Crippen molar-refractivity contribution < 1.29 is 14.1 Å². The van der Waals surface area contributed by atoms with E-state index < -0.39 is 0 Å². The van der Waals surface area contributed by atoms with Crippen LogP contribution >= 0.6 is 0 Å². The molecule has 1 aromatic heterocycles. The van der Waals surface area contributed by atoms with Gasteiger partial charge >= 0.3 is 0 Å². The maximum absolute atomic E-state index is 12.8. The second kappa shape index (κ2) is 8.49. The van der Waals surface area contributed by atoms with Gasteiger partial charge < -0.3 is 20.1 Å². The molecule has 2 N–H and O–H groups in total. The Morgan fingerprint density at radius 3 is 2.50 bits per heavy atom. The lowest BCUT2D eigenvalue weighted by molar-refractivity contribution is -0.115. The lowest BCUT2D eigenvalue weighted by Gasteiger charge is -2.24. The van der Waals surface area contributed by atoms with Crippen LogP contribution in [0.25, 0.3) is 0 Å². The van der Waals surface area contributed by atoms with E-state index in [1.165, 1.54) is 0 Å². The molecule has 2 aromatic rings. The summed E-state index contributed by atoms with van der Waals surface area (Å²) in [6, 6.07) is 9.21. The average molecular weight is 433 g/mol. The van der Waals surface area contributed by atoms with Gasteiger partial charge in [0, 0.05) is 41.9 Å². The van der Waals surface area contributed by atoms with Gasteiger partial charge in [-0.2, -0.15) is 0 Å². The molecule has 1 aliphatic heterocycles. The van der Waals surface area contributed by atoms with E-state index in [0.717, 1.165) is 11.1 Å². The molecule has 2 aliphatic rings. The number of likely N-dealkylation sites (N-methyl/N-ethyl adjacent to an activating group) is 1. The Bertz CT molecular complexity index is 1100. The van der Waals surface area contributed by atoms with Gasteiger partial charge in [0.1, 0.15) is 5.76 Å². The highest BCUT2D eigenvalue weighted by molar-refractivity contribution is 6.05. The first-order valence-electron chi connectivity index (χ1n) is 10.7. The van der Waals surface area contributed by atoms with Crippen LogP contribution in [0.2, 0.25) is 0 Å². The second-order valence-electron chi connectivity index (χ2n) is 9.24. The van der Waals surface area contributed by atoms with Crippen molar-refractivity contribution in [1.29, 1.82) is 0 Å². The predicted octanol–water partition coefficient (Wildman–Crippen LogP) is 4.03. The maximum atomic E-state index is 12.8. The van der Waals surface area contributed by atoms with Gasteiger partial charge in [0.2, 0.25) is 5.91 Å². The molecule has 2 atom stereocenters. The highest BCUT2D eigenvalue weighted by Gasteiger charge is 2.34. The number of nitrogens with zero attached hydrogens (tertiary/aromatic N) is 2. The Hall–Kier alpha value is -3.61. The number of allylic oxidation sites excluding steroid dienone is 2. The van der Waals surface area contributed by atoms with E-state index in [2.05, 4.69) is 32.8 Å². The van der Waals surface area contributed by atoms with Crippen LogP contribution in [-0.2, 0) is 21.4 Å². The van der Waals surface area contributed by atoms with Crippen molar-refractivity contribution in [2.24, 2.45) is 5.92 Å². The zero-order valence-electron chi connectivity index (χ0n) is 18.8. The van der Waals surface area contributed by atoms with Crippen LogP contribution in [0, 0.1) is 5.92 Å². The minimum absolute atomic E-state index is 0.0586. The summed E-state index contributed by atoms with van der Waals surface area (Å²) in [7, 11) is 1.98. The first-order valence-corrected chi connectivity index (χ1v) is 10.7. The fourth-order valence-corrected chi connectivity index (χ4v) is 3.84. The molecule has 1 aromatic carbocycles. The Balaban J connectivity index is 1.33. The molecular formula is C25H28N4O3. The van der Waals surface area contributed by atoms with Gasteiger partial charge in [0.15, 0.2) is 5.82 Å². The summed E-state index contributed by atoms with van der Waals surface area (Å²) in [5.41, 5.74) is 2.09. The number of hydrogen-bond donors (Lipinski definition) is 2. The molecule has 7 nitrogen and oxygen atoms in total. The number of amides is 2. The normalized spacial score (nSPS) is 19.5. The summed E-state index contributed by atoms with van der Waals surface area (Å²) in [4.78, 5) is 27.2. The number of aromatic nitrogens is 1. The zero-order valence-corrected chi connectivity index (χ0v) is 18.8. The van der Waals surface area contributed by atoms with Crippen LogP contribution in [0.5, 0.6) is 0 Å². The zero-order chi connectivity index (χ0) is 22.9. The van der Waals surface area contributed by atoms with Crippen LogP contribution in [0.4, 0.5) is 11.5 Å². The number of hydrogen-bond acceptors (Lipinski definition) is 5. The third-order valence-corrected chi connectivity index (χ3v) is 5.63. The van der Waals surface area contributed by atoms with Crippen molar-refractivity contribution in [2.75, 3.05) is 17.7 Å². The van der Waals surface area contributed by atoms with Crippen LogP contribution in [-0.4, -0.2) is 35.0 Å². The molecule has 7 heteroatoms. The average Bonchev–Trinajstić information content (AvgIpc) is 3.34. The van der Waals surface area contributed by atoms with Crippen molar-refractivity contribution >= 4 is 23.3 Å². The number of nitrogens with one attached hydrogen (secondary N) is 2. The topological polar surface area (TPSA) is 87.5 Å². The van der Waals surface area contributed by atoms with Crippen LogP contribution < -0.4 is 10.6 Å². The molecule has 32 heavy (non-hydrogen) atoms. The molecule has 2 heterocycles. The molecule has 0 saturated carbocycles. The lowest BCUT2D eigenvalue weighted by atomic mass is 9.90. The Morgan fingerprint density at radius 2 is 1.81 bits per heavy atom. The number of carbonyl (C=O) groups is 2. The number of benzene rings is 1. The summed E-state index contributed by atoms with van der Waals surface area (Å²) in [5, 5.41) is 9.63. The van der Waals surface area contributed by atoms with E-state index in [0.29, 0.717) is 17.3 Å². The number of anilines is 2. The van der Waals surface area contributed by atoms with Gasteiger partial charge in [-0.15, -0.1) is 0 Å². The van der Waals surface area contributed by atoms with E-state index in [-0.39, 0.29) is 35.6 Å². The molecule has 2 unspecified atom stereocenters. The molecule has 1 aliphatic carbocycles. The predicted molar refractivity (Wildman–Crippen MR) is 124 cm³/mol. The Kier molecular flexibility index (Phi) is 5.74. The van der Waals surface area contributed by atoms with Crippen molar-refractivity contribution in [3.05, 3.63) is 77.7 Å². The SMILES string of the molecule is CN1C=C(C(=O)Nc2ccc(CC(=O)Nc3cc(C(C)(C)C)on3)cc2)C2C=CC=CC21. The first kappa shape index (κ1) is 21.6. The molecule has 4 rings (SSSR count). The van der Waals surface area contributed by atoms with E-state index in [9.17, 15) is 9.59 Å². The lowest BCUT2D eigenvalue weighted by Crippen LogP contribution is -2.29. The number of fused-ring (bicyclic) bond motifs is 1. The summed E-state index contributed by atoms with van der Waals surface area (Å²) in [5.74, 6) is 0.878. The molecule has 166 valence electrons. The molecular weight excluding hydrogens is 404 g/mol. The fraction of sp³-hybridized carbons (Fsp3) is 0.320. The first-order chi connectivity index (χ1) is 15.2.